The van der Waals surface area contributed by atoms with E-state index in [9.17, 15) is 9.18 Å². The summed E-state index contributed by atoms with van der Waals surface area (Å²) in [5.41, 5.74) is 2.16. The van der Waals surface area contributed by atoms with Crippen molar-refractivity contribution in [2.45, 2.75) is 13.0 Å². The molecule has 2 aromatic rings. The summed E-state index contributed by atoms with van der Waals surface area (Å²) >= 11 is 0. The zero-order valence-electron chi connectivity index (χ0n) is 13.6. The average Bonchev–Trinajstić information content (AvgIpc) is 2.63. The standard InChI is InChI=1S/C18H19FN2O3/c1-23-15-6-4-11(9-16(15)24-2)18(22)21-14-5-3-12-10-20-8-7-13(12)17(14)19/h3-6,9,20H,7-8,10H2,1-2H3,(H,21,22). The summed E-state index contributed by atoms with van der Waals surface area (Å²) in [4.78, 5) is 12.4. The number of carbonyl (C=O) groups excluding carboxylic acids is 1. The minimum atomic E-state index is -0.399. The molecule has 2 N–H and O–H groups in total. The third-order valence-corrected chi connectivity index (χ3v) is 4.10. The number of halogens is 1. The van der Waals surface area contributed by atoms with Gasteiger partial charge in [-0.3, -0.25) is 4.79 Å². The highest BCUT2D eigenvalue weighted by Gasteiger charge is 2.18. The van der Waals surface area contributed by atoms with Crippen LogP contribution in [-0.2, 0) is 13.0 Å². The van der Waals surface area contributed by atoms with E-state index in [0.717, 1.165) is 12.1 Å². The molecule has 0 bridgehead atoms. The number of carbonyl (C=O) groups is 1. The number of hydrogen-bond acceptors (Lipinski definition) is 4. The average molecular weight is 330 g/mol. The highest BCUT2D eigenvalue weighted by atomic mass is 19.1. The van der Waals surface area contributed by atoms with Crippen molar-refractivity contribution in [1.82, 2.24) is 5.32 Å². The van der Waals surface area contributed by atoms with Gasteiger partial charge in [-0.2, -0.15) is 0 Å². The van der Waals surface area contributed by atoms with Crippen LogP contribution in [0.25, 0.3) is 0 Å². The number of nitrogens with one attached hydrogen (secondary N) is 2. The zero-order valence-corrected chi connectivity index (χ0v) is 13.6. The van der Waals surface area contributed by atoms with Crippen molar-refractivity contribution in [1.29, 1.82) is 0 Å². The van der Waals surface area contributed by atoms with Crippen LogP contribution in [0.4, 0.5) is 10.1 Å². The summed E-state index contributed by atoms with van der Waals surface area (Å²) in [5.74, 6) is 0.218. The van der Waals surface area contributed by atoms with Crippen LogP contribution in [0.2, 0.25) is 0 Å². The van der Waals surface area contributed by atoms with Crippen molar-refractivity contribution in [3.8, 4) is 11.5 Å². The summed E-state index contributed by atoms with van der Waals surface area (Å²) in [6, 6.07) is 8.25. The lowest BCUT2D eigenvalue weighted by Crippen LogP contribution is -2.25. The number of anilines is 1. The van der Waals surface area contributed by atoms with Crippen LogP contribution in [-0.4, -0.2) is 26.7 Å². The van der Waals surface area contributed by atoms with Gasteiger partial charge in [-0.05, 0) is 48.4 Å². The smallest absolute Gasteiger partial charge is 0.255 e. The zero-order chi connectivity index (χ0) is 17.1. The molecule has 0 spiro atoms. The Labute approximate surface area is 139 Å². The molecule has 2 aromatic carbocycles. The summed E-state index contributed by atoms with van der Waals surface area (Å²) < 4.78 is 24.9. The van der Waals surface area contributed by atoms with Crippen molar-refractivity contribution >= 4 is 11.6 Å². The van der Waals surface area contributed by atoms with Gasteiger partial charge in [0.05, 0.1) is 19.9 Å². The van der Waals surface area contributed by atoms with E-state index in [1.54, 1.807) is 24.3 Å². The van der Waals surface area contributed by atoms with Crippen LogP contribution in [0.15, 0.2) is 30.3 Å². The molecule has 0 radical (unpaired) electrons. The van der Waals surface area contributed by atoms with Crippen molar-refractivity contribution in [3.63, 3.8) is 0 Å². The predicted octanol–water partition coefficient (Wildman–Crippen LogP) is 2.74. The van der Waals surface area contributed by atoms with Gasteiger partial charge in [0.2, 0.25) is 0 Å². The molecular formula is C18H19FN2O3. The number of methoxy groups -OCH3 is 2. The van der Waals surface area contributed by atoms with Gasteiger partial charge in [0.25, 0.3) is 5.91 Å². The summed E-state index contributed by atoms with van der Waals surface area (Å²) in [7, 11) is 3.02. The van der Waals surface area contributed by atoms with Gasteiger partial charge in [-0.25, -0.2) is 4.39 Å². The Morgan fingerprint density at radius 2 is 1.96 bits per heavy atom. The van der Waals surface area contributed by atoms with Gasteiger partial charge in [0, 0.05) is 12.1 Å². The first-order valence-electron chi connectivity index (χ1n) is 7.68. The monoisotopic (exact) mass is 330 g/mol. The van der Waals surface area contributed by atoms with Crippen LogP contribution >= 0.6 is 0 Å². The summed E-state index contributed by atoms with van der Waals surface area (Å²) in [5, 5.41) is 5.83. The van der Waals surface area contributed by atoms with E-state index >= 15 is 0 Å². The molecule has 0 aromatic heterocycles. The maximum atomic E-state index is 14.6. The molecule has 0 atom stereocenters. The third kappa shape index (κ3) is 3.05. The van der Waals surface area contributed by atoms with Crippen molar-refractivity contribution in [2.75, 3.05) is 26.1 Å². The second kappa shape index (κ2) is 6.88. The van der Waals surface area contributed by atoms with Gasteiger partial charge in [0.1, 0.15) is 5.82 Å². The van der Waals surface area contributed by atoms with Gasteiger partial charge in [-0.1, -0.05) is 6.07 Å². The Kier molecular flexibility index (Phi) is 4.66. The molecule has 0 fully saturated rings. The van der Waals surface area contributed by atoms with E-state index in [1.165, 1.54) is 14.2 Å². The van der Waals surface area contributed by atoms with Crippen LogP contribution < -0.4 is 20.1 Å². The van der Waals surface area contributed by atoms with Crippen molar-refractivity contribution in [3.05, 3.63) is 52.8 Å². The van der Waals surface area contributed by atoms with E-state index in [1.807, 2.05) is 6.07 Å². The predicted molar refractivity (Wildman–Crippen MR) is 89.3 cm³/mol. The number of rotatable bonds is 4. The SMILES string of the molecule is COc1ccc(C(=O)Nc2ccc3c(c2F)CCNC3)cc1OC. The minimum Gasteiger partial charge on any atom is -0.493 e. The fraction of sp³-hybridized carbons (Fsp3) is 0.278. The van der Waals surface area contributed by atoms with E-state index in [4.69, 9.17) is 9.47 Å². The first-order chi connectivity index (χ1) is 11.6. The Bertz CT molecular complexity index is 777. The first kappa shape index (κ1) is 16.3. The molecule has 0 aliphatic carbocycles. The van der Waals surface area contributed by atoms with Crippen LogP contribution in [0, 0.1) is 5.82 Å². The first-order valence-corrected chi connectivity index (χ1v) is 7.68. The highest BCUT2D eigenvalue weighted by molar-refractivity contribution is 6.04. The molecule has 0 unspecified atom stereocenters. The lowest BCUT2D eigenvalue weighted by atomic mass is 9.99. The second-order valence-corrected chi connectivity index (χ2v) is 5.52. The number of benzene rings is 2. The molecule has 0 saturated heterocycles. The number of fused-ring (bicyclic) bond motifs is 1. The third-order valence-electron chi connectivity index (χ3n) is 4.10. The molecule has 24 heavy (non-hydrogen) atoms. The lowest BCUT2D eigenvalue weighted by Gasteiger charge is -2.19. The van der Waals surface area contributed by atoms with E-state index < -0.39 is 5.91 Å². The minimum absolute atomic E-state index is 0.190. The van der Waals surface area contributed by atoms with Gasteiger partial charge >= 0.3 is 0 Å². The Morgan fingerprint density at radius 1 is 1.17 bits per heavy atom. The topological polar surface area (TPSA) is 59.6 Å². The van der Waals surface area contributed by atoms with E-state index in [-0.39, 0.29) is 11.5 Å². The Balaban J connectivity index is 1.85. The fourth-order valence-electron chi connectivity index (χ4n) is 2.80. The lowest BCUT2D eigenvalue weighted by molar-refractivity contribution is 0.102. The molecule has 0 saturated carbocycles. The number of amides is 1. The Morgan fingerprint density at radius 3 is 2.71 bits per heavy atom. The molecule has 126 valence electrons. The Hall–Kier alpha value is -2.60. The quantitative estimate of drug-likeness (QED) is 0.905. The number of ether oxygens (including phenoxy) is 2. The molecule has 1 amide bonds. The second-order valence-electron chi connectivity index (χ2n) is 5.52. The van der Waals surface area contributed by atoms with Crippen molar-refractivity contribution < 1.29 is 18.7 Å². The highest BCUT2D eigenvalue weighted by Crippen LogP contribution is 2.29. The summed E-state index contributed by atoms with van der Waals surface area (Å²) in [6.07, 6.45) is 0.612. The van der Waals surface area contributed by atoms with Crippen molar-refractivity contribution in [2.24, 2.45) is 0 Å². The molecule has 5 nitrogen and oxygen atoms in total. The van der Waals surface area contributed by atoms with Crippen LogP contribution in [0.1, 0.15) is 21.5 Å². The molecule has 1 heterocycles. The molecule has 1 aliphatic heterocycles. The van der Waals surface area contributed by atoms with Crippen LogP contribution in [0.3, 0.4) is 0 Å². The van der Waals surface area contributed by atoms with Crippen LogP contribution in [0.5, 0.6) is 11.5 Å². The fourth-order valence-corrected chi connectivity index (χ4v) is 2.80. The van der Waals surface area contributed by atoms with E-state index in [0.29, 0.717) is 35.6 Å². The summed E-state index contributed by atoms with van der Waals surface area (Å²) in [6.45, 7) is 1.38. The number of hydrogen-bond donors (Lipinski definition) is 2. The maximum Gasteiger partial charge on any atom is 0.255 e. The molecule has 3 rings (SSSR count). The van der Waals surface area contributed by atoms with E-state index in [2.05, 4.69) is 10.6 Å². The van der Waals surface area contributed by atoms with Gasteiger partial charge < -0.3 is 20.1 Å². The molecule has 1 aliphatic rings. The largest absolute Gasteiger partial charge is 0.493 e. The molecule has 6 heteroatoms. The molecular weight excluding hydrogens is 311 g/mol. The maximum absolute atomic E-state index is 14.6. The van der Waals surface area contributed by atoms with Gasteiger partial charge in [-0.15, -0.1) is 0 Å². The normalized spacial score (nSPS) is 13.1. The van der Waals surface area contributed by atoms with Gasteiger partial charge in [0.15, 0.2) is 11.5 Å².